The zero-order valence-corrected chi connectivity index (χ0v) is 19.6. The fourth-order valence-corrected chi connectivity index (χ4v) is 5.08. The largest absolute Gasteiger partial charge is 0.490 e. The van der Waals surface area contributed by atoms with Gasteiger partial charge in [-0.1, -0.05) is 32.0 Å². The maximum atomic E-state index is 12.8. The first-order chi connectivity index (χ1) is 15.5. The Bertz CT molecular complexity index is 987. The molecule has 0 unspecified atom stereocenters. The lowest BCUT2D eigenvalue weighted by Crippen LogP contribution is -2.41. The SMILES string of the molecule is CCCOc1ccc(NC(=O)C2CCN(S(=O)(=O)c3ccccc3)CC2)cc1OCCC. The fourth-order valence-electron chi connectivity index (χ4n) is 3.59. The molecule has 0 spiro atoms. The molecule has 32 heavy (non-hydrogen) atoms. The van der Waals surface area contributed by atoms with Gasteiger partial charge in [0.2, 0.25) is 15.9 Å². The number of hydrogen-bond donors (Lipinski definition) is 1. The van der Waals surface area contributed by atoms with Crippen LogP contribution in [0.4, 0.5) is 5.69 Å². The summed E-state index contributed by atoms with van der Waals surface area (Å²) in [6.45, 7) is 5.88. The number of hydrogen-bond acceptors (Lipinski definition) is 5. The van der Waals surface area contributed by atoms with Gasteiger partial charge in [0.1, 0.15) is 0 Å². The first kappa shape index (κ1) is 24.1. The first-order valence-electron chi connectivity index (χ1n) is 11.2. The van der Waals surface area contributed by atoms with Gasteiger partial charge < -0.3 is 14.8 Å². The van der Waals surface area contributed by atoms with Crippen LogP contribution in [0.1, 0.15) is 39.5 Å². The van der Waals surface area contributed by atoms with Gasteiger partial charge in [0.15, 0.2) is 11.5 Å². The van der Waals surface area contributed by atoms with Crippen LogP contribution in [0.15, 0.2) is 53.4 Å². The molecule has 1 saturated heterocycles. The summed E-state index contributed by atoms with van der Waals surface area (Å²) in [6, 6.07) is 13.8. The van der Waals surface area contributed by atoms with Gasteiger partial charge in [0.05, 0.1) is 18.1 Å². The zero-order chi connectivity index (χ0) is 23.0. The highest BCUT2D eigenvalue weighted by Crippen LogP contribution is 2.32. The predicted molar refractivity (Wildman–Crippen MR) is 125 cm³/mol. The van der Waals surface area contributed by atoms with Gasteiger partial charge in [0, 0.05) is 30.8 Å². The third-order valence-corrected chi connectivity index (χ3v) is 7.25. The van der Waals surface area contributed by atoms with E-state index in [0.29, 0.717) is 56.3 Å². The third-order valence-electron chi connectivity index (χ3n) is 5.34. The van der Waals surface area contributed by atoms with Crippen LogP contribution < -0.4 is 14.8 Å². The summed E-state index contributed by atoms with van der Waals surface area (Å²) >= 11 is 0. The quantitative estimate of drug-likeness (QED) is 0.571. The van der Waals surface area contributed by atoms with Crippen molar-refractivity contribution in [2.24, 2.45) is 5.92 Å². The van der Waals surface area contributed by atoms with Crippen molar-refractivity contribution >= 4 is 21.6 Å². The molecular weight excluding hydrogens is 428 g/mol. The molecule has 7 nitrogen and oxygen atoms in total. The molecule has 1 amide bonds. The number of amides is 1. The highest BCUT2D eigenvalue weighted by atomic mass is 32.2. The standard InChI is InChI=1S/C24H32N2O5S/c1-3-16-30-22-11-10-20(18-23(22)31-17-4-2)25-24(27)19-12-14-26(15-13-19)32(28,29)21-8-6-5-7-9-21/h5-11,18-19H,3-4,12-17H2,1-2H3,(H,25,27). The molecule has 1 heterocycles. The minimum absolute atomic E-state index is 0.106. The summed E-state index contributed by atoms with van der Waals surface area (Å²) in [4.78, 5) is 13.1. The minimum Gasteiger partial charge on any atom is -0.490 e. The van der Waals surface area contributed by atoms with Crippen LogP contribution in [-0.2, 0) is 14.8 Å². The van der Waals surface area contributed by atoms with Crippen LogP contribution in [-0.4, -0.2) is 44.9 Å². The smallest absolute Gasteiger partial charge is 0.243 e. The van der Waals surface area contributed by atoms with Crippen LogP contribution in [0.5, 0.6) is 11.5 Å². The Morgan fingerprint density at radius 1 is 0.969 bits per heavy atom. The van der Waals surface area contributed by atoms with Crippen molar-refractivity contribution in [2.75, 3.05) is 31.6 Å². The van der Waals surface area contributed by atoms with Crippen molar-refractivity contribution in [1.82, 2.24) is 4.31 Å². The van der Waals surface area contributed by atoms with Crippen molar-refractivity contribution in [1.29, 1.82) is 0 Å². The second-order valence-electron chi connectivity index (χ2n) is 7.84. The van der Waals surface area contributed by atoms with Gasteiger partial charge in [-0.25, -0.2) is 8.42 Å². The van der Waals surface area contributed by atoms with Crippen LogP contribution in [0.3, 0.4) is 0 Å². The molecule has 0 radical (unpaired) electrons. The Hall–Kier alpha value is -2.58. The number of anilines is 1. The lowest BCUT2D eigenvalue weighted by molar-refractivity contribution is -0.120. The van der Waals surface area contributed by atoms with Crippen molar-refractivity contribution in [3.63, 3.8) is 0 Å². The monoisotopic (exact) mass is 460 g/mol. The lowest BCUT2D eigenvalue weighted by Gasteiger charge is -2.30. The van der Waals surface area contributed by atoms with E-state index in [4.69, 9.17) is 9.47 Å². The van der Waals surface area contributed by atoms with E-state index < -0.39 is 10.0 Å². The van der Waals surface area contributed by atoms with E-state index >= 15 is 0 Å². The topological polar surface area (TPSA) is 84.9 Å². The Morgan fingerprint density at radius 3 is 2.22 bits per heavy atom. The van der Waals surface area contributed by atoms with Gasteiger partial charge in [0.25, 0.3) is 0 Å². The first-order valence-corrected chi connectivity index (χ1v) is 12.7. The maximum Gasteiger partial charge on any atom is 0.243 e. The highest BCUT2D eigenvalue weighted by Gasteiger charge is 2.32. The molecule has 1 aliphatic rings. The van der Waals surface area contributed by atoms with Gasteiger partial charge in [-0.3, -0.25) is 4.79 Å². The molecule has 1 N–H and O–H groups in total. The average Bonchev–Trinajstić information content (AvgIpc) is 2.82. The van der Waals surface area contributed by atoms with E-state index in [1.54, 1.807) is 42.5 Å². The van der Waals surface area contributed by atoms with Crippen molar-refractivity contribution in [3.05, 3.63) is 48.5 Å². The number of nitrogens with zero attached hydrogens (tertiary/aromatic N) is 1. The van der Waals surface area contributed by atoms with E-state index in [0.717, 1.165) is 12.8 Å². The summed E-state index contributed by atoms with van der Waals surface area (Å²) in [5.41, 5.74) is 0.643. The Labute approximate surface area is 190 Å². The number of rotatable bonds is 10. The molecule has 8 heteroatoms. The summed E-state index contributed by atoms with van der Waals surface area (Å²) in [5, 5.41) is 2.95. The zero-order valence-electron chi connectivity index (χ0n) is 18.7. The van der Waals surface area contributed by atoms with Gasteiger partial charge in [-0.05, 0) is 49.9 Å². The summed E-state index contributed by atoms with van der Waals surface area (Å²) in [7, 11) is -3.53. The number of piperidine rings is 1. The molecule has 0 atom stereocenters. The molecule has 0 saturated carbocycles. The average molecular weight is 461 g/mol. The second kappa shape index (κ2) is 11.3. The van der Waals surface area contributed by atoms with Crippen LogP contribution >= 0.6 is 0 Å². The van der Waals surface area contributed by atoms with E-state index in [-0.39, 0.29) is 16.7 Å². The minimum atomic E-state index is -3.53. The number of nitrogens with one attached hydrogen (secondary N) is 1. The maximum absolute atomic E-state index is 12.8. The predicted octanol–water partition coefficient (Wildman–Crippen LogP) is 4.30. The normalized spacial score (nSPS) is 15.3. The van der Waals surface area contributed by atoms with Crippen molar-refractivity contribution < 1.29 is 22.7 Å². The highest BCUT2D eigenvalue weighted by molar-refractivity contribution is 7.89. The molecule has 3 rings (SSSR count). The van der Waals surface area contributed by atoms with Gasteiger partial charge in [-0.15, -0.1) is 0 Å². The molecule has 2 aromatic carbocycles. The number of carbonyl (C=O) groups is 1. The van der Waals surface area contributed by atoms with E-state index in [1.165, 1.54) is 4.31 Å². The Balaban J connectivity index is 1.61. The van der Waals surface area contributed by atoms with Gasteiger partial charge in [-0.2, -0.15) is 4.31 Å². The molecule has 0 aliphatic carbocycles. The number of ether oxygens (including phenoxy) is 2. The molecule has 1 aliphatic heterocycles. The van der Waals surface area contributed by atoms with Gasteiger partial charge >= 0.3 is 0 Å². The summed E-state index contributed by atoms with van der Waals surface area (Å²) < 4.78 is 38.6. The lowest BCUT2D eigenvalue weighted by atomic mass is 9.97. The number of carbonyl (C=O) groups excluding carboxylic acids is 1. The van der Waals surface area contributed by atoms with E-state index in [9.17, 15) is 13.2 Å². The third kappa shape index (κ3) is 6.01. The molecule has 2 aromatic rings. The van der Waals surface area contributed by atoms with E-state index in [2.05, 4.69) is 5.32 Å². The molecule has 1 fully saturated rings. The van der Waals surface area contributed by atoms with Crippen LogP contribution in [0.2, 0.25) is 0 Å². The van der Waals surface area contributed by atoms with Crippen LogP contribution in [0.25, 0.3) is 0 Å². The fraction of sp³-hybridized carbons (Fsp3) is 0.458. The van der Waals surface area contributed by atoms with Crippen LogP contribution in [0, 0.1) is 5.92 Å². The number of benzene rings is 2. The van der Waals surface area contributed by atoms with Crippen molar-refractivity contribution in [2.45, 2.75) is 44.4 Å². The second-order valence-corrected chi connectivity index (χ2v) is 9.78. The molecular formula is C24H32N2O5S. The van der Waals surface area contributed by atoms with E-state index in [1.807, 2.05) is 19.9 Å². The van der Waals surface area contributed by atoms with Crippen molar-refractivity contribution in [3.8, 4) is 11.5 Å². The summed E-state index contributed by atoms with van der Waals surface area (Å²) in [6.07, 6.45) is 2.72. The molecule has 174 valence electrons. The number of sulfonamides is 1. The Morgan fingerprint density at radius 2 is 1.59 bits per heavy atom. The Kier molecular flexibility index (Phi) is 8.53. The summed E-state index contributed by atoms with van der Waals surface area (Å²) in [5.74, 6) is 0.929. The molecule has 0 aromatic heterocycles. The molecule has 0 bridgehead atoms.